The zero-order valence-corrected chi connectivity index (χ0v) is 40.8. The van der Waals surface area contributed by atoms with Crippen molar-refractivity contribution in [2.75, 3.05) is 38.7 Å². The number of sulfonamides is 2. The molecule has 0 aliphatic rings. The highest BCUT2D eigenvalue weighted by Gasteiger charge is 2.20. The average molecular weight is 963 g/mol. The van der Waals surface area contributed by atoms with Gasteiger partial charge in [0, 0.05) is 50.4 Å². The van der Waals surface area contributed by atoms with Crippen LogP contribution in [-0.4, -0.2) is 75.5 Å². The van der Waals surface area contributed by atoms with Crippen LogP contribution in [0, 0.1) is 0 Å². The van der Waals surface area contributed by atoms with E-state index in [0.717, 1.165) is 73.5 Å². The van der Waals surface area contributed by atoms with Gasteiger partial charge >= 0.3 is 0 Å². The number of benzene rings is 6. The second-order valence-electron chi connectivity index (χ2n) is 17.4. The first-order chi connectivity index (χ1) is 32.8. The van der Waals surface area contributed by atoms with Crippen molar-refractivity contribution in [3.63, 3.8) is 0 Å². The summed E-state index contributed by atoms with van der Waals surface area (Å²) in [7, 11) is -6.95. The summed E-state index contributed by atoms with van der Waals surface area (Å²) in [5, 5.41) is 23.3. The van der Waals surface area contributed by atoms with Crippen molar-refractivity contribution >= 4 is 20.0 Å². The van der Waals surface area contributed by atoms with Crippen molar-refractivity contribution in [2.45, 2.75) is 77.3 Å². The number of nitrogens with zero attached hydrogens (tertiary/aromatic N) is 2. The number of aliphatic hydroxyl groups is 2. The van der Waals surface area contributed by atoms with Gasteiger partial charge < -0.3 is 19.7 Å². The number of ether oxygens (including phenoxy) is 2. The summed E-state index contributed by atoms with van der Waals surface area (Å²) in [6, 6.07) is 50.9. The van der Waals surface area contributed by atoms with Gasteiger partial charge in [-0.05, 0) is 83.6 Å². The van der Waals surface area contributed by atoms with Crippen LogP contribution < -0.4 is 18.9 Å². The minimum atomic E-state index is -3.48. The van der Waals surface area contributed by atoms with Crippen LogP contribution in [0.2, 0.25) is 0 Å². The second kappa shape index (κ2) is 26.4. The third kappa shape index (κ3) is 18.6. The van der Waals surface area contributed by atoms with E-state index in [1.165, 1.54) is 0 Å². The van der Waals surface area contributed by atoms with E-state index in [2.05, 4.69) is 43.5 Å². The summed E-state index contributed by atoms with van der Waals surface area (Å²) < 4.78 is 65.7. The van der Waals surface area contributed by atoms with Crippen LogP contribution in [0.5, 0.6) is 11.5 Å². The summed E-state index contributed by atoms with van der Waals surface area (Å²) in [5.74, 6) is 1.10. The lowest BCUT2D eigenvalue weighted by Crippen LogP contribution is -2.30. The SMILES string of the molecule is CS(=O)(=O)NCc1cc(C(O)CN(CCCCCCN(Cc2ccccc2)CC(O)c2ccc(OCc3ccccc3)c(CNS(C)(=O)=O)c2)Cc2ccccc2)ccc1OCc1ccccc1. The van der Waals surface area contributed by atoms with Crippen molar-refractivity contribution in [1.29, 1.82) is 0 Å². The van der Waals surface area contributed by atoms with Gasteiger partial charge in [0.15, 0.2) is 0 Å². The topological polar surface area (TPSA) is 158 Å². The maximum Gasteiger partial charge on any atom is 0.209 e. The normalized spacial score (nSPS) is 12.9. The molecule has 6 rings (SSSR count). The fraction of sp³-hybridized carbons (Fsp3) is 0.333. The van der Waals surface area contributed by atoms with E-state index in [0.29, 0.717) is 73.1 Å². The van der Waals surface area contributed by atoms with E-state index in [4.69, 9.17) is 9.47 Å². The quantitative estimate of drug-likeness (QED) is 0.0338. The predicted molar refractivity (Wildman–Crippen MR) is 270 cm³/mol. The Bertz CT molecular complexity index is 2460. The van der Waals surface area contributed by atoms with Crippen LogP contribution in [0.3, 0.4) is 0 Å². The van der Waals surface area contributed by atoms with Gasteiger partial charge in [0.05, 0.1) is 24.7 Å². The van der Waals surface area contributed by atoms with Crippen molar-refractivity contribution in [2.24, 2.45) is 0 Å². The van der Waals surface area contributed by atoms with Crippen LogP contribution in [0.25, 0.3) is 0 Å². The van der Waals surface area contributed by atoms with Crippen LogP contribution in [0.1, 0.15) is 82.4 Å². The monoisotopic (exact) mass is 962 g/mol. The van der Waals surface area contributed by atoms with Crippen LogP contribution in [0.15, 0.2) is 158 Å². The molecular weight excluding hydrogens is 897 g/mol. The van der Waals surface area contributed by atoms with Crippen molar-refractivity contribution in [3.05, 3.63) is 202 Å². The molecule has 0 aliphatic heterocycles. The highest BCUT2D eigenvalue weighted by Crippen LogP contribution is 2.28. The number of rotatable bonds is 29. The van der Waals surface area contributed by atoms with Crippen LogP contribution in [0.4, 0.5) is 0 Å². The zero-order chi connectivity index (χ0) is 48.2. The summed E-state index contributed by atoms with van der Waals surface area (Å²) in [6.07, 6.45) is 4.35. The molecule has 4 N–H and O–H groups in total. The van der Waals surface area contributed by atoms with E-state index in [1.807, 2.05) is 121 Å². The summed E-state index contributed by atoms with van der Waals surface area (Å²) in [4.78, 5) is 4.54. The Hall–Kier alpha value is -5.42. The molecular formula is C54H66N4O8S2. The molecule has 0 fully saturated rings. The molecule has 0 radical (unpaired) electrons. The maximum atomic E-state index is 12.1. The van der Waals surface area contributed by atoms with Crippen molar-refractivity contribution < 1.29 is 36.5 Å². The molecule has 2 atom stereocenters. The Kier molecular flexibility index (Phi) is 20.1. The molecule has 0 spiro atoms. The third-order valence-electron chi connectivity index (χ3n) is 11.5. The molecule has 0 amide bonds. The van der Waals surface area contributed by atoms with Gasteiger partial charge in [-0.1, -0.05) is 146 Å². The van der Waals surface area contributed by atoms with Gasteiger partial charge in [0.25, 0.3) is 0 Å². The third-order valence-corrected chi connectivity index (χ3v) is 12.9. The van der Waals surface area contributed by atoms with Gasteiger partial charge in [0.2, 0.25) is 20.0 Å². The van der Waals surface area contributed by atoms with Crippen molar-refractivity contribution in [1.82, 2.24) is 19.2 Å². The first-order valence-corrected chi connectivity index (χ1v) is 26.9. The van der Waals surface area contributed by atoms with Gasteiger partial charge in [-0.15, -0.1) is 0 Å². The van der Waals surface area contributed by atoms with E-state index in [9.17, 15) is 27.0 Å². The van der Waals surface area contributed by atoms with Crippen LogP contribution >= 0.6 is 0 Å². The molecule has 0 bridgehead atoms. The van der Waals surface area contributed by atoms with E-state index >= 15 is 0 Å². The van der Waals surface area contributed by atoms with Crippen molar-refractivity contribution in [3.8, 4) is 11.5 Å². The largest absolute Gasteiger partial charge is 0.489 e. The molecule has 6 aromatic rings. The number of hydrogen-bond donors (Lipinski definition) is 4. The minimum Gasteiger partial charge on any atom is -0.489 e. The molecule has 2 unspecified atom stereocenters. The number of aliphatic hydroxyl groups excluding tert-OH is 2. The Labute approximate surface area is 403 Å². The smallest absolute Gasteiger partial charge is 0.209 e. The van der Waals surface area contributed by atoms with E-state index < -0.39 is 32.3 Å². The molecule has 0 aromatic heterocycles. The highest BCUT2D eigenvalue weighted by molar-refractivity contribution is 7.88. The highest BCUT2D eigenvalue weighted by atomic mass is 32.2. The number of nitrogens with one attached hydrogen (secondary N) is 2. The first kappa shape index (κ1) is 52.0. The summed E-state index contributed by atoms with van der Waals surface area (Å²) >= 11 is 0. The lowest BCUT2D eigenvalue weighted by molar-refractivity contribution is 0.105. The molecule has 362 valence electrons. The molecule has 0 saturated carbocycles. The predicted octanol–water partition coefficient (Wildman–Crippen LogP) is 8.27. The minimum absolute atomic E-state index is 0.0308. The number of hydrogen-bond acceptors (Lipinski definition) is 10. The molecule has 6 aromatic carbocycles. The van der Waals surface area contributed by atoms with E-state index in [1.54, 1.807) is 12.1 Å². The zero-order valence-electron chi connectivity index (χ0n) is 39.1. The molecule has 0 aliphatic carbocycles. The molecule has 0 saturated heterocycles. The van der Waals surface area contributed by atoms with Gasteiger partial charge in [-0.3, -0.25) is 9.80 Å². The molecule has 0 heterocycles. The summed E-state index contributed by atoms with van der Waals surface area (Å²) in [5.41, 5.74) is 6.89. The Morgan fingerprint density at radius 2 is 0.809 bits per heavy atom. The molecule has 68 heavy (non-hydrogen) atoms. The maximum absolute atomic E-state index is 12.1. The fourth-order valence-corrected chi connectivity index (χ4v) is 8.77. The standard InChI is InChI=1S/C54H66N4O8S2/c1-67(61,62)55-35-49-33-47(27-29-53(49)65-41-45-23-13-7-14-24-45)51(59)39-57(37-43-19-9-5-10-20-43)31-17-3-4-18-32-58(38-44-21-11-6-12-22-44)40-52(60)48-28-30-54(50(34-48)36-56-68(2,63)64)66-42-46-25-15-8-16-26-46/h5-16,19-30,33-34,51-52,55-56,59-60H,3-4,17-18,31-32,35-42H2,1-2H3. The first-order valence-electron chi connectivity index (χ1n) is 23.1. The Morgan fingerprint density at radius 1 is 0.471 bits per heavy atom. The van der Waals surface area contributed by atoms with Gasteiger partial charge in [0.1, 0.15) is 24.7 Å². The Balaban J connectivity index is 1.07. The number of unbranched alkanes of at least 4 members (excludes halogenated alkanes) is 3. The average Bonchev–Trinajstić information content (AvgIpc) is 3.33. The van der Waals surface area contributed by atoms with Crippen LogP contribution in [-0.2, 0) is 59.4 Å². The fourth-order valence-electron chi connectivity index (χ4n) is 7.94. The summed E-state index contributed by atoms with van der Waals surface area (Å²) in [6.45, 7) is 4.32. The lowest BCUT2D eigenvalue weighted by Gasteiger charge is -2.27. The Morgan fingerprint density at radius 3 is 1.15 bits per heavy atom. The van der Waals surface area contributed by atoms with E-state index in [-0.39, 0.29) is 13.1 Å². The van der Waals surface area contributed by atoms with Gasteiger partial charge in [-0.25, -0.2) is 26.3 Å². The second-order valence-corrected chi connectivity index (χ2v) is 21.0. The molecule has 14 heteroatoms. The lowest BCUT2D eigenvalue weighted by atomic mass is 10.0. The molecule has 12 nitrogen and oxygen atoms in total. The van der Waals surface area contributed by atoms with Gasteiger partial charge in [-0.2, -0.15) is 0 Å².